The molecule has 0 aromatic carbocycles. The summed E-state index contributed by atoms with van der Waals surface area (Å²) in [6, 6.07) is 0. The molecule has 26 heavy (non-hydrogen) atoms. The molecule has 0 atom stereocenters. The van der Waals surface area contributed by atoms with Crippen LogP contribution in [-0.4, -0.2) is 72.5 Å². The highest BCUT2D eigenvalue weighted by molar-refractivity contribution is 4.52. The highest BCUT2D eigenvalue weighted by Crippen LogP contribution is 1.85. The van der Waals surface area contributed by atoms with Gasteiger partial charge in [-0.1, -0.05) is 7.43 Å². The maximum atomic E-state index is 5.38. The molecule has 164 valence electrons. The van der Waals surface area contributed by atoms with Gasteiger partial charge in [0.2, 0.25) is 0 Å². The lowest BCUT2D eigenvalue weighted by molar-refractivity contribution is 0.570. The molecule has 0 amide bonds. The molecule has 0 aliphatic carbocycles. The van der Waals surface area contributed by atoms with Crippen molar-refractivity contribution >= 4 is 0 Å². The highest BCUT2D eigenvalue weighted by Gasteiger charge is 1.89. The zero-order chi connectivity index (χ0) is 19.4. The Balaban J connectivity index is -0.000000168. The summed E-state index contributed by atoms with van der Waals surface area (Å²) >= 11 is 0. The van der Waals surface area contributed by atoms with Crippen LogP contribution in [-0.2, 0) is 0 Å². The minimum Gasteiger partial charge on any atom is -0.330 e. The van der Waals surface area contributed by atoms with Gasteiger partial charge in [0.1, 0.15) is 0 Å². The second-order valence-corrected chi connectivity index (χ2v) is 5.67. The smallest absolute Gasteiger partial charge is 0.00714 e. The van der Waals surface area contributed by atoms with Crippen molar-refractivity contribution < 1.29 is 0 Å². The lowest BCUT2D eigenvalue weighted by atomic mass is 10.3. The molecule has 0 saturated carbocycles. The summed E-state index contributed by atoms with van der Waals surface area (Å²) in [5.41, 5.74) is 26.1. The summed E-state index contributed by atoms with van der Waals surface area (Å²) in [6.07, 6.45) is 6.76. The monoisotopic (exact) mass is 380 g/mol. The van der Waals surface area contributed by atoms with Crippen molar-refractivity contribution in [2.75, 3.05) is 72.5 Å². The fourth-order valence-corrected chi connectivity index (χ4v) is 1.64. The Kier molecular flexibility index (Phi) is 50.8. The third-order valence-electron chi connectivity index (χ3n) is 3.13. The van der Waals surface area contributed by atoms with E-state index in [1.807, 2.05) is 7.05 Å². The number of nitrogens with two attached hydrogens (primary N) is 5. The second kappa shape index (κ2) is 39.7. The molecule has 13 N–H and O–H groups in total. The van der Waals surface area contributed by atoms with Gasteiger partial charge in [0, 0.05) is 13.1 Å². The Labute approximate surface area is 163 Å². The zero-order valence-electron chi connectivity index (χ0n) is 16.7. The quantitative estimate of drug-likeness (QED) is 0.160. The maximum Gasteiger partial charge on any atom is 0.00714 e. The van der Waals surface area contributed by atoms with Crippen molar-refractivity contribution in [2.45, 2.75) is 46.0 Å². The maximum absolute atomic E-state index is 5.38. The van der Waals surface area contributed by atoms with Gasteiger partial charge in [0.05, 0.1) is 0 Å². The first-order chi connectivity index (χ1) is 12.2. The molecule has 0 unspecified atom stereocenters. The van der Waals surface area contributed by atoms with Crippen molar-refractivity contribution in [3.63, 3.8) is 0 Å². The number of rotatable bonds is 16. The van der Waals surface area contributed by atoms with Crippen LogP contribution in [0.4, 0.5) is 0 Å². The predicted molar refractivity (Wildman–Crippen MR) is 119 cm³/mol. The molecule has 0 aromatic heterocycles. The van der Waals surface area contributed by atoms with Crippen LogP contribution in [0.3, 0.4) is 0 Å². The average molecular weight is 381 g/mol. The summed E-state index contributed by atoms with van der Waals surface area (Å²) in [5, 5.41) is 9.61. The van der Waals surface area contributed by atoms with Crippen LogP contribution in [0.15, 0.2) is 0 Å². The fourth-order valence-electron chi connectivity index (χ4n) is 1.64. The third-order valence-corrected chi connectivity index (χ3v) is 3.13. The molecule has 0 bridgehead atoms. The van der Waals surface area contributed by atoms with E-state index in [-0.39, 0.29) is 7.43 Å². The minimum absolute atomic E-state index is 0. The Morgan fingerprint density at radius 3 is 1.04 bits per heavy atom. The van der Waals surface area contributed by atoms with Gasteiger partial charge in [0.25, 0.3) is 0 Å². The van der Waals surface area contributed by atoms with E-state index in [1.165, 1.54) is 12.8 Å². The highest BCUT2D eigenvalue weighted by atomic mass is 14.9. The number of unbranched alkanes of at least 4 members (excludes halogenated alkanes) is 2. The minimum atomic E-state index is 0. The molecule has 0 aliphatic rings. The van der Waals surface area contributed by atoms with Crippen molar-refractivity contribution in [3.05, 3.63) is 0 Å². The summed E-state index contributed by atoms with van der Waals surface area (Å²) in [7, 11) is 1.88. The molecule has 0 rings (SSSR count). The third kappa shape index (κ3) is 49.5. The van der Waals surface area contributed by atoms with Crippen molar-refractivity contribution in [2.24, 2.45) is 28.7 Å². The van der Waals surface area contributed by atoms with Crippen molar-refractivity contribution in [1.29, 1.82) is 0 Å². The number of nitrogens with one attached hydrogen (secondary N) is 3. The van der Waals surface area contributed by atoms with Gasteiger partial charge in [0.15, 0.2) is 0 Å². The van der Waals surface area contributed by atoms with Gasteiger partial charge >= 0.3 is 0 Å². The van der Waals surface area contributed by atoms with E-state index in [2.05, 4.69) is 16.0 Å². The van der Waals surface area contributed by atoms with Gasteiger partial charge in [-0.2, -0.15) is 0 Å². The van der Waals surface area contributed by atoms with Crippen molar-refractivity contribution in [1.82, 2.24) is 16.0 Å². The molecule has 0 fully saturated rings. The average Bonchev–Trinajstić information content (AvgIpc) is 2.63. The molecule has 0 radical (unpaired) electrons. The summed E-state index contributed by atoms with van der Waals surface area (Å²) in [6.45, 7) is 9.09. The molecule has 8 heteroatoms. The van der Waals surface area contributed by atoms with Crippen LogP contribution in [0.25, 0.3) is 0 Å². The molecule has 0 aromatic rings. The van der Waals surface area contributed by atoms with E-state index in [4.69, 9.17) is 28.7 Å². The number of likely N-dealkylation sites (N-methyl/N-ethyl adjacent to an activating group) is 1. The Hall–Kier alpha value is -0.320. The first-order valence-corrected chi connectivity index (χ1v) is 9.81. The van der Waals surface area contributed by atoms with E-state index in [9.17, 15) is 0 Å². The first kappa shape index (κ1) is 33.3. The van der Waals surface area contributed by atoms with Crippen LogP contribution >= 0.6 is 0 Å². The molecular formula is C18H52N8. The van der Waals surface area contributed by atoms with E-state index >= 15 is 0 Å². The Bertz CT molecular complexity index is 167. The van der Waals surface area contributed by atoms with Gasteiger partial charge in [-0.25, -0.2) is 0 Å². The zero-order valence-corrected chi connectivity index (χ0v) is 16.7. The van der Waals surface area contributed by atoms with Gasteiger partial charge in [-0.15, -0.1) is 0 Å². The van der Waals surface area contributed by atoms with E-state index < -0.39 is 0 Å². The topological polar surface area (TPSA) is 166 Å². The summed E-state index contributed by atoms with van der Waals surface area (Å²) in [4.78, 5) is 0. The predicted octanol–water partition coefficient (Wildman–Crippen LogP) is -0.872. The first-order valence-electron chi connectivity index (χ1n) is 9.81. The van der Waals surface area contributed by atoms with Crippen LogP contribution < -0.4 is 44.6 Å². The molecule has 0 aliphatic heterocycles. The Morgan fingerprint density at radius 2 is 0.808 bits per heavy atom. The SMILES string of the molecule is C.CNCCN.NCCCCN.NCCCNCCCCNCCCN. The Morgan fingerprint density at radius 1 is 0.462 bits per heavy atom. The van der Waals surface area contributed by atoms with Crippen molar-refractivity contribution in [3.8, 4) is 0 Å². The lowest BCUT2D eigenvalue weighted by Crippen LogP contribution is -2.22. The number of hydrogen-bond acceptors (Lipinski definition) is 8. The largest absolute Gasteiger partial charge is 0.330 e. The number of hydrogen-bond donors (Lipinski definition) is 8. The summed E-state index contributed by atoms with van der Waals surface area (Å²) in [5.74, 6) is 0. The lowest BCUT2D eigenvalue weighted by Gasteiger charge is -2.04. The molecule has 0 heterocycles. The van der Waals surface area contributed by atoms with E-state index in [0.29, 0.717) is 0 Å². The fraction of sp³-hybridized carbons (Fsp3) is 1.00. The second-order valence-electron chi connectivity index (χ2n) is 5.67. The van der Waals surface area contributed by atoms with Gasteiger partial charge in [-0.3, -0.25) is 0 Å². The molecular weight excluding hydrogens is 328 g/mol. The molecule has 8 nitrogen and oxygen atoms in total. The molecule has 0 saturated heterocycles. The van der Waals surface area contributed by atoms with Gasteiger partial charge in [-0.05, 0) is 97.9 Å². The summed E-state index contributed by atoms with van der Waals surface area (Å²) < 4.78 is 0. The van der Waals surface area contributed by atoms with Crippen LogP contribution in [0.2, 0.25) is 0 Å². The van der Waals surface area contributed by atoms with E-state index in [0.717, 1.165) is 91.1 Å². The molecule has 0 spiro atoms. The van der Waals surface area contributed by atoms with Crippen LogP contribution in [0, 0.1) is 0 Å². The normalized spacial score (nSPS) is 9.46. The van der Waals surface area contributed by atoms with Gasteiger partial charge < -0.3 is 44.6 Å². The standard InChI is InChI=1S/C10H26N4.C4H12N2.C3H10N2.CH4/c11-5-3-9-13-7-1-2-8-14-10-4-6-12;5-3-1-2-4-6;1-5-3-2-4;/h13-14H,1-12H2;1-6H2;5H,2-4H2,1H3;1H4. The van der Waals surface area contributed by atoms with Crippen LogP contribution in [0.5, 0.6) is 0 Å². The van der Waals surface area contributed by atoms with E-state index in [1.54, 1.807) is 0 Å². The van der Waals surface area contributed by atoms with Crippen LogP contribution in [0.1, 0.15) is 46.0 Å².